The van der Waals surface area contributed by atoms with Gasteiger partial charge < -0.3 is 16.6 Å². The third-order valence-corrected chi connectivity index (χ3v) is 5.55. The minimum atomic E-state index is -4.40. The molecular weight excluding hydrogens is 419 g/mol. The molecule has 1 heterocycles. The molecule has 1 amide bonds. The molecule has 0 spiro atoms. The van der Waals surface area contributed by atoms with Gasteiger partial charge >= 0.3 is 12.1 Å². The van der Waals surface area contributed by atoms with Gasteiger partial charge in [-0.15, -0.1) is 0 Å². The van der Waals surface area contributed by atoms with E-state index < -0.39 is 30.0 Å². The van der Waals surface area contributed by atoms with E-state index in [1.54, 1.807) is 18.2 Å². The first-order valence-electron chi connectivity index (χ1n) is 9.08. The van der Waals surface area contributed by atoms with E-state index in [9.17, 15) is 22.8 Å². The molecule has 1 aromatic heterocycles. The van der Waals surface area contributed by atoms with E-state index in [2.05, 4.69) is 4.98 Å². The standard InChI is InChI=1S/C20H22F3N3O3S/c21-20(22,23)15(7-9-30-10-8-16(24)19(28)29)13-3-1-12(2-4-13)14-5-6-17(18(25)27)26-11-14/h1-6,11,15-16H,7-10,24H2,(H2,25,27)(H,28,29). The van der Waals surface area contributed by atoms with E-state index in [-0.39, 0.29) is 29.9 Å². The summed E-state index contributed by atoms with van der Waals surface area (Å²) < 4.78 is 40.6. The number of nitrogens with two attached hydrogens (primary N) is 2. The van der Waals surface area contributed by atoms with Crippen molar-refractivity contribution in [3.8, 4) is 11.1 Å². The van der Waals surface area contributed by atoms with Gasteiger partial charge in [0.25, 0.3) is 5.91 Å². The summed E-state index contributed by atoms with van der Waals surface area (Å²) in [5.74, 6) is -2.79. The highest BCUT2D eigenvalue weighted by molar-refractivity contribution is 7.99. The first-order valence-corrected chi connectivity index (χ1v) is 10.2. The molecule has 0 aliphatic rings. The van der Waals surface area contributed by atoms with Crippen LogP contribution in [-0.2, 0) is 4.79 Å². The van der Waals surface area contributed by atoms with Crippen LogP contribution in [0, 0.1) is 0 Å². The number of aromatic nitrogens is 1. The third-order valence-electron chi connectivity index (χ3n) is 4.50. The molecule has 0 aliphatic carbocycles. The van der Waals surface area contributed by atoms with Crippen molar-refractivity contribution in [3.63, 3.8) is 0 Å². The maximum absolute atomic E-state index is 13.5. The van der Waals surface area contributed by atoms with Crippen LogP contribution in [0.25, 0.3) is 11.1 Å². The normalized spacial score (nSPS) is 13.6. The molecule has 5 N–H and O–H groups in total. The highest BCUT2D eigenvalue weighted by Crippen LogP contribution is 2.38. The predicted octanol–water partition coefficient (Wildman–Crippen LogP) is 3.42. The van der Waals surface area contributed by atoms with Crippen LogP contribution >= 0.6 is 11.8 Å². The summed E-state index contributed by atoms with van der Waals surface area (Å²) in [6.07, 6.45) is -2.88. The van der Waals surface area contributed by atoms with Gasteiger partial charge in [-0.2, -0.15) is 24.9 Å². The van der Waals surface area contributed by atoms with Crippen molar-refractivity contribution in [2.45, 2.75) is 31.0 Å². The smallest absolute Gasteiger partial charge is 0.395 e. The summed E-state index contributed by atoms with van der Waals surface area (Å²) in [4.78, 5) is 25.7. The maximum Gasteiger partial charge on any atom is 0.395 e. The van der Waals surface area contributed by atoms with Crippen LogP contribution in [0.4, 0.5) is 13.2 Å². The second-order valence-corrected chi connectivity index (χ2v) is 7.87. The molecule has 10 heteroatoms. The minimum absolute atomic E-state index is 0.106. The Morgan fingerprint density at radius 2 is 1.63 bits per heavy atom. The van der Waals surface area contributed by atoms with Gasteiger partial charge in [-0.05, 0) is 41.5 Å². The molecule has 2 unspecified atom stereocenters. The number of alkyl halides is 3. The van der Waals surface area contributed by atoms with Crippen molar-refractivity contribution in [2.75, 3.05) is 11.5 Å². The highest BCUT2D eigenvalue weighted by Gasteiger charge is 2.40. The number of amides is 1. The highest BCUT2D eigenvalue weighted by atomic mass is 32.2. The van der Waals surface area contributed by atoms with Gasteiger partial charge in [0.1, 0.15) is 11.7 Å². The number of carboxylic acids is 1. The topological polar surface area (TPSA) is 119 Å². The summed E-state index contributed by atoms with van der Waals surface area (Å²) in [5.41, 5.74) is 12.1. The van der Waals surface area contributed by atoms with Crippen molar-refractivity contribution in [1.29, 1.82) is 0 Å². The van der Waals surface area contributed by atoms with Crippen molar-refractivity contribution in [3.05, 3.63) is 53.9 Å². The molecule has 2 atom stereocenters. The Hall–Kier alpha value is -2.59. The molecule has 0 radical (unpaired) electrons. The van der Waals surface area contributed by atoms with Gasteiger partial charge in [0.2, 0.25) is 0 Å². The average Bonchev–Trinajstić information content (AvgIpc) is 2.69. The van der Waals surface area contributed by atoms with Gasteiger partial charge in [-0.1, -0.05) is 30.3 Å². The zero-order chi connectivity index (χ0) is 22.3. The SMILES string of the molecule is NC(=O)c1ccc(-c2ccc(C(CCSCCC(N)C(=O)O)C(F)(F)F)cc2)cn1. The van der Waals surface area contributed by atoms with E-state index in [0.29, 0.717) is 16.9 Å². The van der Waals surface area contributed by atoms with Crippen LogP contribution in [0.2, 0.25) is 0 Å². The number of hydrogen-bond donors (Lipinski definition) is 3. The maximum atomic E-state index is 13.5. The molecule has 0 saturated carbocycles. The van der Waals surface area contributed by atoms with Crippen LogP contribution in [0.1, 0.15) is 34.8 Å². The number of hydrogen-bond acceptors (Lipinski definition) is 5. The van der Waals surface area contributed by atoms with Gasteiger partial charge in [0.15, 0.2) is 0 Å². The van der Waals surface area contributed by atoms with E-state index >= 15 is 0 Å². The quantitative estimate of drug-likeness (QED) is 0.486. The molecule has 30 heavy (non-hydrogen) atoms. The van der Waals surface area contributed by atoms with Crippen LogP contribution in [0.15, 0.2) is 42.6 Å². The Kier molecular flexibility index (Phi) is 8.24. The molecule has 162 valence electrons. The predicted molar refractivity (Wildman–Crippen MR) is 109 cm³/mol. The molecule has 1 aromatic carbocycles. The number of thioether (sulfide) groups is 1. The number of carbonyl (C=O) groups excluding carboxylic acids is 1. The summed E-state index contributed by atoms with van der Waals surface area (Å²) in [7, 11) is 0. The molecule has 0 aliphatic heterocycles. The summed E-state index contributed by atoms with van der Waals surface area (Å²) in [6.45, 7) is 0. The number of halogens is 3. The third kappa shape index (κ3) is 6.74. The number of pyridine rings is 1. The van der Waals surface area contributed by atoms with E-state index in [1.165, 1.54) is 36.2 Å². The second kappa shape index (κ2) is 10.4. The monoisotopic (exact) mass is 441 g/mol. The Morgan fingerprint density at radius 3 is 2.13 bits per heavy atom. The van der Waals surface area contributed by atoms with Gasteiger partial charge in [-0.25, -0.2) is 0 Å². The summed E-state index contributed by atoms with van der Waals surface area (Å²) in [6, 6.07) is 8.10. The lowest BCUT2D eigenvalue weighted by Gasteiger charge is -2.21. The number of carbonyl (C=O) groups is 2. The lowest BCUT2D eigenvalue weighted by atomic mass is 9.94. The van der Waals surface area contributed by atoms with Crippen LogP contribution in [0.3, 0.4) is 0 Å². The first kappa shape index (κ1) is 23.7. The van der Waals surface area contributed by atoms with Crippen molar-refractivity contribution in [2.24, 2.45) is 11.5 Å². The Balaban J connectivity index is 2.02. The molecule has 6 nitrogen and oxygen atoms in total. The summed E-state index contributed by atoms with van der Waals surface area (Å²) in [5, 5.41) is 8.72. The fourth-order valence-corrected chi connectivity index (χ4v) is 3.80. The second-order valence-electron chi connectivity index (χ2n) is 6.65. The lowest BCUT2D eigenvalue weighted by Crippen LogP contribution is -2.30. The number of aliphatic carboxylic acids is 1. The first-order chi connectivity index (χ1) is 14.1. The fourth-order valence-electron chi connectivity index (χ4n) is 2.77. The van der Waals surface area contributed by atoms with E-state index in [4.69, 9.17) is 16.6 Å². The molecular formula is C20H22F3N3O3S. The number of carboxylic acid groups (broad SMARTS) is 1. The van der Waals surface area contributed by atoms with Crippen molar-refractivity contribution < 1.29 is 27.9 Å². The van der Waals surface area contributed by atoms with Gasteiger partial charge in [0.05, 0.1) is 5.92 Å². The molecule has 0 bridgehead atoms. The minimum Gasteiger partial charge on any atom is -0.480 e. The average molecular weight is 441 g/mol. The number of primary amides is 1. The summed E-state index contributed by atoms with van der Waals surface area (Å²) >= 11 is 1.25. The Bertz CT molecular complexity index is 858. The molecule has 0 saturated heterocycles. The van der Waals surface area contributed by atoms with Crippen molar-refractivity contribution >= 4 is 23.6 Å². The zero-order valence-electron chi connectivity index (χ0n) is 15.9. The van der Waals surface area contributed by atoms with Gasteiger partial charge in [0, 0.05) is 11.8 Å². The van der Waals surface area contributed by atoms with Crippen molar-refractivity contribution in [1.82, 2.24) is 4.98 Å². The fraction of sp³-hybridized carbons (Fsp3) is 0.350. The largest absolute Gasteiger partial charge is 0.480 e. The van der Waals surface area contributed by atoms with Gasteiger partial charge in [-0.3, -0.25) is 14.6 Å². The zero-order valence-corrected chi connectivity index (χ0v) is 16.7. The lowest BCUT2D eigenvalue weighted by molar-refractivity contribution is -0.150. The Labute approximate surface area is 175 Å². The number of benzene rings is 1. The van der Waals surface area contributed by atoms with E-state index in [1.807, 2.05) is 0 Å². The van der Waals surface area contributed by atoms with Crippen LogP contribution in [0.5, 0.6) is 0 Å². The van der Waals surface area contributed by atoms with Crippen LogP contribution in [-0.4, -0.2) is 45.7 Å². The van der Waals surface area contributed by atoms with E-state index in [0.717, 1.165) is 0 Å². The number of rotatable bonds is 10. The molecule has 2 aromatic rings. The molecule has 2 rings (SSSR count). The molecule has 0 fully saturated rings. The van der Waals surface area contributed by atoms with Crippen LogP contribution < -0.4 is 11.5 Å². The Morgan fingerprint density at radius 1 is 1.03 bits per heavy atom. The number of nitrogens with zero attached hydrogens (tertiary/aromatic N) is 1.